The van der Waals surface area contributed by atoms with Gasteiger partial charge in [-0.15, -0.1) is 0 Å². The molecule has 1 aromatic heterocycles. The summed E-state index contributed by atoms with van der Waals surface area (Å²) in [6.45, 7) is 0. The van der Waals surface area contributed by atoms with Gasteiger partial charge in [-0.3, -0.25) is 0 Å². The first-order valence-corrected chi connectivity index (χ1v) is 16.5. The molecule has 0 spiro atoms. The molecule has 0 aliphatic carbocycles. The van der Waals surface area contributed by atoms with Gasteiger partial charge in [0.05, 0.1) is 0 Å². The van der Waals surface area contributed by atoms with Crippen LogP contribution in [0.4, 0.5) is 0 Å². The SMILES string of the molecule is c1ccc(C2=NC(c3ccc(-c4ccccc4)cc3)NC(c3cccc4oc5cccc(-c6ccc(-c7ccccc7)cc6)c5c34)=N2)cc1. The number of fused-ring (bicyclic) bond motifs is 3. The van der Waals surface area contributed by atoms with Gasteiger partial charge in [-0.05, 0) is 51.1 Å². The minimum atomic E-state index is -0.328. The summed E-state index contributed by atoms with van der Waals surface area (Å²) < 4.78 is 6.50. The number of furan rings is 1. The Morgan fingerprint density at radius 1 is 0.408 bits per heavy atom. The first-order valence-electron chi connectivity index (χ1n) is 16.5. The van der Waals surface area contributed by atoms with Crippen LogP contribution in [-0.2, 0) is 0 Å². The van der Waals surface area contributed by atoms with Crippen LogP contribution in [0.15, 0.2) is 190 Å². The highest BCUT2D eigenvalue weighted by Crippen LogP contribution is 2.39. The largest absolute Gasteiger partial charge is 0.456 e. The van der Waals surface area contributed by atoms with Crippen molar-refractivity contribution in [2.24, 2.45) is 9.98 Å². The van der Waals surface area contributed by atoms with Crippen LogP contribution in [0.25, 0.3) is 55.3 Å². The fourth-order valence-electron chi connectivity index (χ4n) is 6.74. The molecule has 0 bridgehead atoms. The highest BCUT2D eigenvalue weighted by Gasteiger charge is 2.24. The summed E-state index contributed by atoms with van der Waals surface area (Å²) in [5, 5.41) is 5.79. The highest BCUT2D eigenvalue weighted by atomic mass is 16.3. The van der Waals surface area contributed by atoms with Crippen LogP contribution in [-0.4, -0.2) is 11.7 Å². The molecule has 7 aromatic carbocycles. The molecule has 1 N–H and O–H groups in total. The van der Waals surface area contributed by atoms with Gasteiger partial charge in [-0.1, -0.05) is 164 Å². The van der Waals surface area contributed by atoms with E-state index in [2.05, 4.69) is 133 Å². The Labute approximate surface area is 284 Å². The number of nitrogens with one attached hydrogen (secondary N) is 1. The lowest BCUT2D eigenvalue weighted by atomic mass is 9.95. The van der Waals surface area contributed by atoms with Crippen molar-refractivity contribution in [3.63, 3.8) is 0 Å². The van der Waals surface area contributed by atoms with Crippen molar-refractivity contribution in [1.29, 1.82) is 0 Å². The second kappa shape index (κ2) is 12.3. The van der Waals surface area contributed by atoms with Gasteiger partial charge in [0.2, 0.25) is 0 Å². The summed E-state index contributed by atoms with van der Waals surface area (Å²) in [4.78, 5) is 10.3. The number of amidine groups is 2. The second-order valence-corrected chi connectivity index (χ2v) is 12.2. The van der Waals surface area contributed by atoms with Gasteiger partial charge in [0.25, 0.3) is 0 Å². The smallest absolute Gasteiger partial charge is 0.159 e. The van der Waals surface area contributed by atoms with Crippen molar-refractivity contribution in [2.45, 2.75) is 6.17 Å². The minimum absolute atomic E-state index is 0.328. The molecular formula is C45H31N3O. The first-order chi connectivity index (χ1) is 24.3. The van der Waals surface area contributed by atoms with E-state index in [0.717, 1.165) is 55.6 Å². The number of rotatable bonds is 6. The number of aliphatic imine (C=N–C) groups is 2. The molecule has 4 nitrogen and oxygen atoms in total. The molecule has 0 fully saturated rings. The molecule has 0 radical (unpaired) electrons. The van der Waals surface area contributed by atoms with E-state index in [4.69, 9.17) is 14.4 Å². The zero-order valence-electron chi connectivity index (χ0n) is 26.6. The molecule has 0 amide bonds. The van der Waals surface area contributed by atoms with E-state index in [0.29, 0.717) is 5.84 Å². The van der Waals surface area contributed by atoms with Crippen molar-refractivity contribution in [1.82, 2.24) is 5.32 Å². The predicted octanol–water partition coefficient (Wildman–Crippen LogP) is 11.1. The fourth-order valence-corrected chi connectivity index (χ4v) is 6.74. The molecule has 0 saturated carbocycles. The van der Waals surface area contributed by atoms with Crippen LogP contribution in [0.5, 0.6) is 0 Å². The zero-order chi connectivity index (χ0) is 32.6. The molecule has 2 heterocycles. The lowest BCUT2D eigenvalue weighted by Crippen LogP contribution is -2.33. The molecule has 1 aliphatic heterocycles. The summed E-state index contributed by atoms with van der Waals surface area (Å²) in [5.41, 5.74) is 11.6. The van der Waals surface area contributed by atoms with Gasteiger partial charge in [-0.2, -0.15) is 0 Å². The van der Waals surface area contributed by atoms with E-state index in [1.807, 2.05) is 48.5 Å². The maximum absolute atomic E-state index is 6.50. The monoisotopic (exact) mass is 629 g/mol. The third-order valence-corrected chi connectivity index (χ3v) is 9.19. The molecule has 9 rings (SSSR count). The van der Waals surface area contributed by atoms with Crippen molar-refractivity contribution >= 4 is 33.6 Å². The van der Waals surface area contributed by atoms with E-state index >= 15 is 0 Å². The van der Waals surface area contributed by atoms with Crippen molar-refractivity contribution < 1.29 is 4.42 Å². The quantitative estimate of drug-likeness (QED) is 0.199. The van der Waals surface area contributed by atoms with E-state index < -0.39 is 0 Å². The van der Waals surface area contributed by atoms with Crippen LogP contribution < -0.4 is 5.32 Å². The summed E-state index contributed by atoms with van der Waals surface area (Å²) >= 11 is 0. The topological polar surface area (TPSA) is 49.9 Å². The molecule has 0 saturated heterocycles. The Morgan fingerprint density at radius 2 is 0.878 bits per heavy atom. The zero-order valence-corrected chi connectivity index (χ0v) is 26.6. The molecule has 49 heavy (non-hydrogen) atoms. The van der Waals surface area contributed by atoms with Gasteiger partial charge >= 0.3 is 0 Å². The molecule has 1 aliphatic rings. The molecule has 1 atom stereocenters. The van der Waals surface area contributed by atoms with E-state index in [1.165, 1.54) is 22.3 Å². The number of nitrogens with zero attached hydrogens (tertiary/aromatic N) is 2. The third kappa shape index (κ3) is 5.39. The van der Waals surface area contributed by atoms with Crippen molar-refractivity contribution in [2.75, 3.05) is 0 Å². The highest BCUT2D eigenvalue weighted by molar-refractivity contribution is 6.24. The second-order valence-electron chi connectivity index (χ2n) is 12.2. The first kappa shape index (κ1) is 28.7. The Kier molecular flexibility index (Phi) is 7.17. The Hall–Kier alpha value is -6.52. The molecule has 1 unspecified atom stereocenters. The van der Waals surface area contributed by atoms with Gasteiger partial charge in [0.1, 0.15) is 23.2 Å². The van der Waals surface area contributed by atoms with Crippen LogP contribution >= 0.6 is 0 Å². The molecule has 4 heteroatoms. The average molecular weight is 630 g/mol. The number of hydrogen-bond donors (Lipinski definition) is 1. The van der Waals surface area contributed by atoms with E-state index in [9.17, 15) is 0 Å². The summed E-state index contributed by atoms with van der Waals surface area (Å²) in [7, 11) is 0. The maximum Gasteiger partial charge on any atom is 0.159 e. The van der Waals surface area contributed by atoms with Gasteiger partial charge in [0.15, 0.2) is 5.84 Å². The lowest BCUT2D eigenvalue weighted by Gasteiger charge is -2.24. The Bertz CT molecular complexity index is 2480. The van der Waals surface area contributed by atoms with Gasteiger partial charge < -0.3 is 9.73 Å². The lowest BCUT2D eigenvalue weighted by molar-refractivity contribution is 0.668. The molecular weight excluding hydrogens is 599 g/mol. The normalized spacial score (nSPS) is 14.3. The van der Waals surface area contributed by atoms with Crippen molar-refractivity contribution in [3.05, 3.63) is 193 Å². The van der Waals surface area contributed by atoms with Crippen LogP contribution in [0.1, 0.15) is 22.9 Å². The Balaban J connectivity index is 1.16. The predicted molar refractivity (Wildman–Crippen MR) is 202 cm³/mol. The standard InChI is InChI=1S/C45H31N3O/c1-4-12-30(13-5-1)32-22-26-34(27-23-32)37-18-10-20-39-41(37)42-38(19-11-21-40(42)49-39)45-47-43(35-16-8-3-9-17-35)46-44(48-45)36-28-24-33(25-29-36)31-14-6-2-7-15-31/h1-29,44H,(H,46,47,48). The maximum atomic E-state index is 6.50. The van der Waals surface area contributed by atoms with Crippen LogP contribution in [0, 0.1) is 0 Å². The Morgan fingerprint density at radius 3 is 1.47 bits per heavy atom. The van der Waals surface area contributed by atoms with Crippen LogP contribution in [0.3, 0.4) is 0 Å². The van der Waals surface area contributed by atoms with Gasteiger partial charge in [0, 0.05) is 21.9 Å². The summed E-state index contributed by atoms with van der Waals surface area (Å²) in [6, 6.07) is 61.0. The minimum Gasteiger partial charge on any atom is -0.456 e. The number of hydrogen-bond acceptors (Lipinski definition) is 4. The fraction of sp³-hybridized carbons (Fsp3) is 0.0222. The molecule has 232 valence electrons. The average Bonchev–Trinajstić information content (AvgIpc) is 3.58. The van der Waals surface area contributed by atoms with Crippen molar-refractivity contribution in [3.8, 4) is 33.4 Å². The number of benzene rings is 7. The van der Waals surface area contributed by atoms with Crippen LogP contribution in [0.2, 0.25) is 0 Å². The summed E-state index contributed by atoms with van der Waals surface area (Å²) in [5.74, 6) is 1.45. The third-order valence-electron chi connectivity index (χ3n) is 9.19. The van der Waals surface area contributed by atoms with E-state index in [1.54, 1.807) is 0 Å². The molecule has 8 aromatic rings. The summed E-state index contributed by atoms with van der Waals surface area (Å²) in [6.07, 6.45) is -0.328. The van der Waals surface area contributed by atoms with Gasteiger partial charge in [-0.25, -0.2) is 9.98 Å². The van der Waals surface area contributed by atoms with E-state index in [-0.39, 0.29) is 6.17 Å².